The number of hydrogen-bond acceptors (Lipinski definition) is 2. The molecule has 0 aliphatic carbocycles. The van der Waals surface area contributed by atoms with E-state index in [1.807, 2.05) is 17.9 Å². The number of nitrogens with zero attached hydrogens (tertiary/aromatic N) is 2. The number of aryl methyl sites for hydroxylation is 1. The van der Waals surface area contributed by atoms with Crippen LogP contribution in [0.25, 0.3) is 0 Å². The molecule has 2 atom stereocenters. The van der Waals surface area contributed by atoms with Gasteiger partial charge in [-0.2, -0.15) is 5.10 Å². The van der Waals surface area contributed by atoms with Crippen LogP contribution < -0.4 is 5.32 Å². The van der Waals surface area contributed by atoms with Gasteiger partial charge in [-0.1, -0.05) is 19.8 Å². The Bertz CT molecular complexity index is 280. The van der Waals surface area contributed by atoms with Crippen molar-refractivity contribution in [1.82, 2.24) is 15.1 Å². The monoisotopic (exact) mass is 209 g/mol. The zero-order valence-electron chi connectivity index (χ0n) is 10.3. The Kier molecular flexibility index (Phi) is 4.82. The summed E-state index contributed by atoms with van der Waals surface area (Å²) in [5.41, 5.74) is 1.25. The Morgan fingerprint density at radius 1 is 1.47 bits per heavy atom. The Labute approximate surface area is 92.9 Å². The highest BCUT2D eigenvalue weighted by molar-refractivity contribution is 5.05. The van der Waals surface area contributed by atoms with E-state index in [2.05, 4.69) is 37.3 Å². The van der Waals surface area contributed by atoms with Gasteiger partial charge in [0.15, 0.2) is 0 Å². The standard InChI is InChI=1S/C12H23N3/c1-5-6-7-10(2)14-11(3)12-8-9-13-15(12)4/h8-11,14H,5-7H2,1-4H3. The van der Waals surface area contributed by atoms with Crippen molar-refractivity contribution in [3.05, 3.63) is 18.0 Å². The molecule has 0 aromatic carbocycles. The fourth-order valence-corrected chi connectivity index (χ4v) is 1.91. The molecule has 1 aromatic heterocycles. The molecule has 0 saturated carbocycles. The smallest absolute Gasteiger partial charge is 0.0547 e. The zero-order chi connectivity index (χ0) is 11.3. The van der Waals surface area contributed by atoms with Crippen molar-refractivity contribution in [1.29, 1.82) is 0 Å². The lowest BCUT2D eigenvalue weighted by atomic mass is 10.1. The molecule has 2 unspecified atom stereocenters. The first-order valence-electron chi connectivity index (χ1n) is 5.89. The summed E-state index contributed by atoms with van der Waals surface area (Å²) >= 11 is 0. The summed E-state index contributed by atoms with van der Waals surface area (Å²) in [4.78, 5) is 0. The van der Waals surface area contributed by atoms with Crippen LogP contribution in [0.15, 0.2) is 12.3 Å². The van der Waals surface area contributed by atoms with E-state index < -0.39 is 0 Å². The minimum absolute atomic E-state index is 0.379. The minimum atomic E-state index is 0.379. The number of aromatic nitrogens is 2. The normalized spacial score (nSPS) is 15.2. The second-order valence-corrected chi connectivity index (χ2v) is 4.31. The van der Waals surface area contributed by atoms with Gasteiger partial charge in [0.05, 0.1) is 5.69 Å². The second kappa shape index (κ2) is 5.91. The molecular weight excluding hydrogens is 186 g/mol. The van der Waals surface area contributed by atoms with E-state index in [4.69, 9.17) is 0 Å². The maximum Gasteiger partial charge on any atom is 0.0547 e. The van der Waals surface area contributed by atoms with Crippen LogP contribution >= 0.6 is 0 Å². The van der Waals surface area contributed by atoms with Gasteiger partial charge in [0.25, 0.3) is 0 Å². The first-order chi connectivity index (χ1) is 7.15. The number of nitrogens with one attached hydrogen (secondary N) is 1. The minimum Gasteiger partial charge on any atom is -0.306 e. The average molecular weight is 209 g/mol. The topological polar surface area (TPSA) is 29.9 Å². The predicted molar refractivity (Wildman–Crippen MR) is 63.7 cm³/mol. The highest BCUT2D eigenvalue weighted by Crippen LogP contribution is 2.12. The summed E-state index contributed by atoms with van der Waals surface area (Å²) in [6.45, 7) is 6.68. The average Bonchev–Trinajstić information content (AvgIpc) is 2.61. The Morgan fingerprint density at radius 3 is 2.73 bits per heavy atom. The molecule has 86 valence electrons. The molecule has 3 nitrogen and oxygen atoms in total. The molecule has 1 N–H and O–H groups in total. The Balaban J connectivity index is 2.42. The van der Waals surface area contributed by atoms with Gasteiger partial charge in [0.2, 0.25) is 0 Å². The molecule has 1 rings (SSSR count). The molecule has 0 aliphatic rings. The van der Waals surface area contributed by atoms with Crippen LogP contribution in [0, 0.1) is 0 Å². The van der Waals surface area contributed by atoms with Gasteiger partial charge in [-0.3, -0.25) is 4.68 Å². The molecule has 0 amide bonds. The van der Waals surface area contributed by atoms with E-state index in [-0.39, 0.29) is 0 Å². The van der Waals surface area contributed by atoms with Gasteiger partial charge in [0, 0.05) is 25.3 Å². The Hall–Kier alpha value is -0.830. The molecule has 0 fully saturated rings. The molecule has 0 aliphatic heterocycles. The number of hydrogen-bond donors (Lipinski definition) is 1. The van der Waals surface area contributed by atoms with Gasteiger partial charge in [0.1, 0.15) is 0 Å². The molecular formula is C12H23N3. The van der Waals surface area contributed by atoms with Gasteiger partial charge < -0.3 is 5.32 Å². The van der Waals surface area contributed by atoms with Crippen LogP contribution in [0.4, 0.5) is 0 Å². The Morgan fingerprint density at radius 2 is 2.20 bits per heavy atom. The summed E-state index contributed by atoms with van der Waals surface area (Å²) in [5, 5.41) is 7.78. The maximum atomic E-state index is 4.18. The van der Waals surface area contributed by atoms with Crippen molar-refractivity contribution in [3.63, 3.8) is 0 Å². The number of rotatable bonds is 6. The van der Waals surface area contributed by atoms with Crippen molar-refractivity contribution in [2.75, 3.05) is 0 Å². The maximum absolute atomic E-state index is 4.18. The first-order valence-corrected chi connectivity index (χ1v) is 5.89. The first kappa shape index (κ1) is 12.2. The van der Waals surface area contributed by atoms with E-state index in [0.29, 0.717) is 12.1 Å². The highest BCUT2D eigenvalue weighted by atomic mass is 15.3. The lowest BCUT2D eigenvalue weighted by molar-refractivity contribution is 0.429. The third-order valence-corrected chi connectivity index (χ3v) is 2.83. The lowest BCUT2D eigenvalue weighted by Gasteiger charge is -2.20. The molecule has 0 bridgehead atoms. The van der Waals surface area contributed by atoms with Crippen molar-refractivity contribution < 1.29 is 0 Å². The van der Waals surface area contributed by atoms with E-state index >= 15 is 0 Å². The fourth-order valence-electron chi connectivity index (χ4n) is 1.91. The SMILES string of the molecule is CCCCC(C)NC(C)c1ccnn1C. The largest absolute Gasteiger partial charge is 0.306 e. The molecule has 0 radical (unpaired) electrons. The number of unbranched alkanes of at least 4 members (excludes halogenated alkanes) is 1. The summed E-state index contributed by atoms with van der Waals surface area (Å²) in [6, 6.07) is 3.03. The molecule has 1 heterocycles. The van der Waals surface area contributed by atoms with Crippen LogP contribution in [0.2, 0.25) is 0 Å². The van der Waals surface area contributed by atoms with Crippen molar-refractivity contribution in [2.45, 2.75) is 52.1 Å². The third-order valence-electron chi connectivity index (χ3n) is 2.83. The van der Waals surface area contributed by atoms with Crippen LogP contribution in [0.3, 0.4) is 0 Å². The molecule has 1 aromatic rings. The quantitative estimate of drug-likeness (QED) is 0.780. The van der Waals surface area contributed by atoms with E-state index in [0.717, 1.165) is 0 Å². The molecule has 3 heteroatoms. The van der Waals surface area contributed by atoms with E-state index in [9.17, 15) is 0 Å². The van der Waals surface area contributed by atoms with Gasteiger partial charge in [-0.15, -0.1) is 0 Å². The van der Waals surface area contributed by atoms with Crippen LogP contribution in [0.5, 0.6) is 0 Å². The summed E-state index contributed by atoms with van der Waals surface area (Å²) in [7, 11) is 1.99. The molecule has 0 spiro atoms. The third kappa shape index (κ3) is 3.67. The lowest BCUT2D eigenvalue weighted by Crippen LogP contribution is -2.30. The van der Waals surface area contributed by atoms with Crippen LogP contribution in [0.1, 0.15) is 51.8 Å². The van der Waals surface area contributed by atoms with Gasteiger partial charge >= 0.3 is 0 Å². The van der Waals surface area contributed by atoms with E-state index in [1.165, 1.54) is 25.0 Å². The second-order valence-electron chi connectivity index (χ2n) is 4.31. The van der Waals surface area contributed by atoms with E-state index in [1.54, 1.807) is 0 Å². The summed E-state index contributed by atoms with van der Waals surface area (Å²) in [5.74, 6) is 0. The van der Waals surface area contributed by atoms with Crippen molar-refractivity contribution >= 4 is 0 Å². The molecule has 15 heavy (non-hydrogen) atoms. The molecule has 0 saturated heterocycles. The zero-order valence-corrected chi connectivity index (χ0v) is 10.3. The van der Waals surface area contributed by atoms with Crippen LogP contribution in [-0.2, 0) is 7.05 Å². The van der Waals surface area contributed by atoms with Crippen molar-refractivity contribution in [2.24, 2.45) is 7.05 Å². The van der Waals surface area contributed by atoms with Gasteiger partial charge in [-0.25, -0.2) is 0 Å². The van der Waals surface area contributed by atoms with Crippen LogP contribution in [-0.4, -0.2) is 15.8 Å². The highest BCUT2D eigenvalue weighted by Gasteiger charge is 2.11. The predicted octanol–water partition coefficient (Wildman–Crippen LogP) is 2.65. The van der Waals surface area contributed by atoms with Crippen molar-refractivity contribution in [3.8, 4) is 0 Å². The fraction of sp³-hybridized carbons (Fsp3) is 0.750. The van der Waals surface area contributed by atoms with Gasteiger partial charge in [-0.05, 0) is 26.3 Å². The summed E-state index contributed by atoms with van der Waals surface area (Å²) < 4.78 is 1.93. The summed E-state index contributed by atoms with van der Waals surface area (Å²) in [6.07, 6.45) is 5.67.